The molecule has 1 amide bonds. The van der Waals surface area contributed by atoms with Crippen molar-refractivity contribution in [1.82, 2.24) is 4.90 Å². The molecule has 15 heavy (non-hydrogen) atoms. The van der Waals surface area contributed by atoms with Crippen LogP contribution in [0.25, 0.3) is 0 Å². The number of nitrogens with zero attached hydrogens (tertiary/aromatic N) is 1. The molecule has 0 aromatic rings. The molecule has 1 fully saturated rings. The zero-order chi connectivity index (χ0) is 11.1. The van der Waals surface area contributed by atoms with Crippen LogP contribution >= 0.6 is 0 Å². The predicted molar refractivity (Wildman–Crippen MR) is 57.6 cm³/mol. The van der Waals surface area contributed by atoms with Gasteiger partial charge in [-0.3, -0.25) is 0 Å². The van der Waals surface area contributed by atoms with E-state index in [1.165, 1.54) is 0 Å². The fourth-order valence-electron chi connectivity index (χ4n) is 1.81. The topological polar surface area (TPSA) is 49.8 Å². The Hall–Kier alpha value is -0.770. The number of carbonyl (C=O) groups excluding carboxylic acids is 1. The lowest BCUT2D eigenvalue weighted by atomic mass is 10.1. The predicted octanol–water partition coefficient (Wildman–Crippen LogP) is 1.63. The number of rotatable bonds is 5. The lowest BCUT2D eigenvalue weighted by Crippen LogP contribution is -2.29. The Labute approximate surface area is 91.2 Å². The summed E-state index contributed by atoms with van der Waals surface area (Å²) in [5, 5.41) is 8.79. The van der Waals surface area contributed by atoms with E-state index in [0.29, 0.717) is 12.5 Å². The van der Waals surface area contributed by atoms with Gasteiger partial charge in [0.1, 0.15) is 0 Å². The maximum atomic E-state index is 11.5. The average molecular weight is 215 g/mol. The quantitative estimate of drug-likeness (QED) is 0.709. The number of aliphatic hydroxyl groups is 1. The summed E-state index contributed by atoms with van der Waals surface area (Å²) in [6.07, 6.45) is 3.56. The van der Waals surface area contributed by atoms with Gasteiger partial charge in [0.15, 0.2) is 0 Å². The SMILES string of the molecule is CCCCOC(=O)N1CC[C@H](CCO)C1. The van der Waals surface area contributed by atoms with Gasteiger partial charge in [0.25, 0.3) is 0 Å². The van der Waals surface area contributed by atoms with E-state index in [2.05, 4.69) is 6.92 Å². The van der Waals surface area contributed by atoms with Crippen molar-refractivity contribution in [2.24, 2.45) is 5.92 Å². The third-order valence-electron chi connectivity index (χ3n) is 2.80. The summed E-state index contributed by atoms with van der Waals surface area (Å²) >= 11 is 0. The molecule has 1 aliphatic heterocycles. The number of hydrogen-bond donors (Lipinski definition) is 1. The summed E-state index contributed by atoms with van der Waals surface area (Å²) in [6.45, 7) is 4.32. The Bertz CT molecular complexity index is 196. The molecule has 0 bridgehead atoms. The number of likely N-dealkylation sites (tertiary alicyclic amines) is 1. The molecule has 1 aliphatic rings. The number of hydrogen-bond acceptors (Lipinski definition) is 3. The zero-order valence-electron chi connectivity index (χ0n) is 9.45. The third-order valence-corrected chi connectivity index (χ3v) is 2.80. The highest BCUT2D eigenvalue weighted by Crippen LogP contribution is 2.19. The van der Waals surface area contributed by atoms with E-state index in [4.69, 9.17) is 9.84 Å². The van der Waals surface area contributed by atoms with Crippen LogP contribution in [-0.2, 0) is 4.74 Å². The van der Waals surface area contributed by atoms with Gasteiger partial charge in [0, 0.05) is 19.7 Å². The molecule has 0 aromatic carbocycles. The summed E-state index contributed by atoms with van der Waals surface area (Å²) in [5.41, 5.74) is 0. The van der Waals surface area contributed by atoms with Gasteiger partial charge in [-0.2, -0.15) is 0 Å². The average Bonchev–Trinajstić information content (AvgIpc) is 2.67. The smallest absolute Gasteiger partial charge is 0.409 e. The van der Waals surface area contributed by atoms with Crippen molar-refractivity contribution in [3.8, 4) is 0 Å². The molecular formula is C11H21NO3. The molecule has 0 radical (unpaired) electrons. The molecular weight excluding hydrogens is 194 g/mol. The van der Waals surface area contributed by atoms with Crippen molar-refractivity contribution in [3.63, 3.8) is 0 Å². The minimum absolute atomic E-state index is 0.191. The Morgan fingerprint density at radius 2 is 2.40 bits per heavy atom. The van der Waals surface area contributed by atoms with Crippen molar-refractivity contribution in [1.29, 1.82) is 0 Å². The third kappa shape index (κ3) is 4.08. The maximum absolute atomic E-state index is 11.5. The molecule has 1 N–H and O–H groups in total. The van der Waals surface area contributed by atoms with E-state index in [1.807, 2.05) is 0 Å². The summed E-state index contributed by atoms with van der Waals surface area (Å²) in [6, 6.07) is 0. The molecule has 0 aliphatic carbocycles. The van der Waals surface area contributed by atoms with Crippen LogP contribution in [-0.4, -0.2) is 42.4 Å². The summed E-state index contributed by atoms with van der Waals surface area (Å²) in [4.78, 5) is 13.3. The van der Waals surface area contributed by atoms with Crippen LogP contribution in [0.4, 0.5) is 4.79 Å². The second-order valence-electron chi connectivity index (χ2n) is 4.08. The highest BCUT2D eigenvalue weighted by molar-refractivity contribution is 5.67. The number of ether oxygens (including phenoxy) is 1. The normalized spacial score (nSPS) is 20.7. The first-order chi connectivity index (χ1) is 7.27. The van der Waals surface area contributed by atoms with Gasteiger partial charge in [-0.25, -0.2) is 4.79 Å². The van der Waals surface area contributed by atoms with Crippen molar-refractivity contribution < 1.29 is 14.6 Å². The van der Waals surface area contributed by atoms with Crippen molar-refractivity contribution >= 4 is 6.09 Å². The fraction of sp³-hybridized carbons (Fsp3) is 0.909. The van der Waals surface area contributed by atoms with Crippen LogP contribution in [0, 0.1) is 5.92 Å². The molecule has 1 rings (SSSR count). The summed E-state index contributed by atoms with van der Waals surface area (Å²) in [5.74, 6) is 0.453. The first-order valence-electron chi connectivity index (χ1n) is 5.80. The molecule has 1 heterocycles. The number of amides is 1. The van der Waals surface area contributed by atoms with Crippen LogP contribution in [0.2, 0.25) is 0 Å². The first kappa shape index (κ1) is 12.3. The molecule has 4 nitrogen and oxygen atoms in total. The van der Waals surface area contributed by atoms with Gasteiger partial charge in [0.05, 0.1) is 6.61 Å². The lowest BCUT2D eigenvalue weighted by molar-refractivity contribution is 0.107. The molecule has 0 aromatic heterocycles. The Morgan fingerprint density at radius 1 is 1.60 bits per heavy atom. The Morgan fingerprint density at radius 3 is 3.07 bits per heavy atom. The minimum Gasteiger partial charge on any atom is -0.449 e. The lowest BCUT2D eigenvalue weighted by Gasteiger charge is -2.15. The van der Waals surface area contributed by atoms with Crippen LogP contribution in [0.5, 0.6) is 0 Å². The molecule has 0 unspecified atom stereocenters. The van der Waals surface area contributed by atoms with E-state index < -0.39 is 0 Å². The number of unbranched alkanes of at least 4 members (excludes halogenated alkanes) is 1. The zero-order valence-corrected chi connectivity index (χ0v) is 9.45. The van der Waals surface area contributed by atoms with Gasteiger partial charge in [0.2, 0.25) is 0 Å². The van der Waals surface area contributed by atoms with E-state index >= 15 is 0 Å². The molecule has 0 spiro atoms. The fourth-order valence-corrected chi connectivity index (χ4v) is 1.81. The number of carbonyl (C=O) groups is 1. The molecule has 1 atom stereocenters. The van der Waals surface area contributed by atoms with Crippen LogP contribution < -0.4 is 0 Å². The van der Waals surface area contributed by atoms with Crippen molar-refractivity contribution in [2.75, 3.05) is 26.3 Å². The first-order valence-corrected chi connectivity index (χ1v) is 5.80. The Kier molecular flexibility index (Phi) is 5.47. The molecule has 4 heteroatoms. The van der Waals surface area contributed by atoms with Crippen LogP contribution in [0.3, 0.4) is 0 Å². The van der Waals surface area contributed by atoms with Gasteiger partial charge < -0.3 is 14.7 Å². The highest BCUT2D eigenvalue weighted by Gasteiger charge is 2.26. The van der Waals surface area contributed by atoms with E-state index in [9.17, 15) is 4.79 Å². The van der Waals surface area contributed by atoms with Gasteiger partial charge in [-0.05, 0) is 25.2 Å². The number of aliphatic hydroxyl groups excluding tert-OH is 1. The van der Waals surface area contributed by atoms with Gasteiger partial charge >= 0.3 is 6.09 Å². The largest absolute Gasteiger partial charge is 0.449 e. The van der Waals surface area contributed by atoms with E-state index in [1.54, 1.807) is 4.90 Å². The van der Waals surface area contributed by atoms with Crippen LogP contribution in [0.15, 0.2) is 0 Å². The van der Waals surface area contributed by atoms with Crippen LogP contribution in [0.1, 0.15) is 32.6 Å². The highest BCUT2D eigenvalue weighted by atomic mass is 16.6. The van der Waals surface area contributed by atoms with E-state index in [0.717, 1.165) is 38.8 Å². The molecule has 0 saturated carbocycles. The molecule has 88 valence electrons. The summed E-state index contributed by atoms with van der Waals surface area (Å²) in [7, 11) is 0. The van der Waals surface area contributed by atoms with Gasteiger partial charge in [-0.1, -0.05) is 13.3 Å². The second kappa shape index (κ2) is 6.67. The maximum Gasteiger partial charge on any atom is 0.409 e. The second-order valence-corrected chi connectivity index (χ2v) is 4.08. The molecule has 1 saturated heterocycles. The van der Waals surface area contributed by atoms with E-state index in [-0.39, 0.29) is 12.7 Å². The monoisotopic (exact) mass is 215 g/mol. The standard InChI is InChI=1S/C11H21NO3/c1-2-3-8-15-11(14)12-6-4-10(9-12)5-7-13/h10,13H,2-9H2,1H3/t10-/m1/s1. The van der Waals surface area contributed by atoms with Gasteiger partial charge in [-0.15, -0.1) is 0 Å². The minimum atomic E-state index is -0.191. The van der Waals surface area contributed by atoms with Crippen molar-refractivity contribution in [2.45, 2.75) is 32.6 Å². The summed E-state index contributed by atoms with van der Waals surface area (Å²) < 4.78 is 5.12. The van der Waals surface area contributed by atoms with Crippen molar-refractivity contribution in [3.05, 3.63) is 0 Å². The Balaban J connectivity index is 2.18.